The fraction of sp³-hybridized carbons (Fsp3) is 0.706. The minimum absolute atomic E-state index is 0.451. The molecule has 0 aromatic heterocycles. The van der Waals surface area contributed by atoms with Crippen molar-refractivity contribution in [2.24, 2.45) is 0 Å². The summed E-state index contributed by atoms with van der Waals surface area (Å²) in [4.78, 5) is 58.4. The molecule has 15 heteroatoms. The van der Waals surface area contributed by atoms with Crippen LogP contribution < -0.4 is 5.32 Å². The molecule has 1 aliphatic heterocycles. The van der Waals surface area contributed by atoms with Crippen molar-refractivity contribution in [3.05, 3.63) is 0 Å². The molecule has 32 heavy (non-hydrogen) atoms. The lowest BCUT2D eigenvalue weighted by Gasteiger charge is -2.44. The number of esters is 4. The van der Waals surface area contributed by atoms with Crippen molar-refractivity contribution in [3.8, 4) is 0 Å². The van der Waals surface area contributed by atoms with Crippen molar-refractivity contribution in [1.82, 2.24) is 5.32 Å². The second-order valence-corrected chi connectivity index (χ2v) is 8.98. The molecule has 1 heterocycles. The van der Waals surface area contributed by atoms with Gasteiger partial charge in [0.1, 0.15) is 25.4 Å². The van der Waals surface area contributed by atoms with Gasteiger partial charge in [-0.15, -0.1) is 0 Å². The van der Waals surface area contributed by atoms with Crippen LogP contribution in [0.2, 0.25) is 0 Å². The topological polar surface area (TPSA) is 153 Å². The van der Waals surface area contributed by atoms with Gasteiger partial charge in [0.25, 0.3) is 0 Å². The third-order valence-corrected chi connectivity index (χ3v) is 3.96. The first-order valence-corrected chi connectivity index (χ1v) is 10.1. The van der Waals surface area contributed by atoms with Crippen molar-refractivity contribution in [2.45, 2.75) is 62.1 Å². The number of ether oxygens (including phenoxy) is 6. The van der Waals surface area contributed by atoms with Gasteiger partial charge in [-0.25, -0.2) is 4.79 Å². The second kappa shape index (κ2) is 12.3. The lowest BCUT2D eigenvalue weighted by Crippen LogP contribution is -2.67. The van der Waals surface area contributed by atoms with Gasteiger partial charge >= 0.3 is 30.0 Å². The molecule has 1 N–H and O–H groups in total. The van der Waals surface area contributed by atoms with Crippen LogP contribution in [0, 0.1) is 0 Å². The molecule has 1 saturated heterocycles. The van der Waals surface area contributed by atoms with Crippen molar-refractivity contribution >= 4 is 64.8 Å². The van der Waals surface area contributed by atoms with Crippen LogP contribution in [-0.4, -0.2) is 77.6 Å². The van der Waals surface area contributed by atoms with E-state index in [1.165, 1.54) is 0 Å². The molecule has 12 nitrogen and oxygen atoms in total. The number of nitrogens with one attached hydrogen (secondary N) is 1. The zero-order chi connectivity index (χ0) is 24.6. The van der Waals surface area contributed by atoms with E-state index in [4.69, 9.17) is 63.2 Å². The summed E-state index contributed by atoms with van der Waals surface area (Å²) in [5.41, 5.74) is 0. The Morgan fingerprint density at radius 1 is 0.812 bits per heavy atom. The average Bonchev–Trinajstić information content (AvgIpc) is 2.61. The summed E-state index contributed by atoms with van der Waals surface area (Å²) >= 11 is 16.6. The van der Waals surface area contributed by atoms with Crippen LogP contribution in [0.15, 0.2) is 0 Å². The van der Waals surface area contributed by atoms with Crippen LogP contribution in [-0.2, 0) is 47.6 Å². The van der Waals surface area contributed by atoms with E-state index in [9.17, 15) is 24.0 Å². The van der Waals surface area contributed by atoms with Crippen LogP contribution >= 0.6 is 34.8 Å². The molecule has 0 saturated carbocycles. The molecule has 0 spiro atoms. The molecule has 1 aliphatic rings. The monoisotopic (exact) mass is 521 g/mol. The number of alkyl halides is 3. The van der Waals surface area contributed by atoms with Gasteiger partial charge < -0.3 is 33.7 Å². The fourth-order valence-electron chi connectivity index (χ4n) is 2.65. The first-order chi connectivity index (χ1) is 14.7. The maximum atomic E-state index is 12.2. The Balaban J connectivity index is 3.28. The van der Waals surface area contributed by atoms with Crippen LogP contribution in [0.5, 0.6) is 0 Å². The molecule has 0 aromatic carbocycles. The summed E-state index contributed by atoms with van der Waals surface area (Å²) in [5.74, 6) is -3.13. The van der Waals surface area contributed by atoms with E-state index in [2.05, 4.69) is 5.32 Å². The predicted octanol–water partition coefficient (Wildman–Crippen LogP) is 1.17. The van der Waals surface area contributed by atoms with Crippen molar-refractivity contribution in [1.29, 1.82) is 0 Å². The van der Waals surface area contributed by atoms with E-state index in [0.717, 1.165) is 27.7 Å². The molecule has 0 aliphatic carbocycles. The Labute approximate surface area is 198 Å². The van der Waals surface area contributed by atoms with Gasteiger partial charge in [0.05, 0.1) is 0 Å². The Morgan fingerprint density at radius 3 is 1.81 bits per heavy atom. The third kappa shape index (κ3) is 10.1. The number of halogens is 3. The average molecular weight is 523 g/mol. The van der Waals surface area contributed by atoms with Gasteiger partial charge in [-0.05, 0) is 0 Å². The van der Waals surface area contributed by atoms with Crippen LogP contribution in [0.1, 0.15) is 27.7 Å². The quantitative estimate of drug-likeness (QED) is 0.291. The lowest BCUT2D eigenvalue weighted by molar-refractivity contribution is -0.270. The molecule has 182 valence electrons. The van der Waals surface area contributed by atoms with Gasteiger partial charge in [-0.1, -0.05) is 34.8 Å². The molecular formula is C17H22Cl3NO11. The number of rotatable bonds is 7. The van der Waals surface area contributed by atoms with Crippen molar-refractivity contribution < 1.29 is 52.4 Å². The molecule has 0 radical (unpaired) electrons. The highest BCUT2D eigenvalue weighted by molar-refractivity contribution is 6.67. The minimum atomic E-state index is -1.92. The summed E-state index contributed by atoms with van der Waals surface area (Å²) < 4.78 is 28.9. The minimum Gasteiger partial charge on any atom is -0.463 e. The van der Waals surface area contributed by atoms with E-state index in [0.29, 0.717) is 0 Å². The Kier molecular flexibility index (Phi) is 10.8. The maximum absolute atomic E-state index is 12.2. The van der Waals surface area contributed by atoms with E-state index in [-0.39, 0.29) is 0 Å². The Bertz CT molecular complexity index is 727. The normalized spacial score (nSPS) is 25.2. The SMILES string of the molecule is CC(=O)OCC1OC(OC(C)=O)C(NC(=O)OCC(Cl)(Cl)Cl)C(OC(C)=O)[C@H]1OC(C)=O. The fourth-order valence-corrected chi connectivity index (χ4v) is 2.81. The van der Waals surface area contributed by atoms with Gasteiger partial charge in [-0.2, -0.15) is 0 Å². The van der Waals surface area contributed by atoms with E-state index < -0.39 is 77.6 Å². The van der Waals surface area contributed by atoms with E-state index in [1.807, 2.05) is 0 Å². The summed E-state index contributed by atoms with van der Waals surface area (Å²) in [6, 6.07) is -1.43. The Hall–Kier alpha value is -2.02. The van der Waals surface area contributed by atoms with Gasteiger partial charge in [-0.3, -0.25) is 19.2 Å². The van der Waals surface area contributed by atoms with Crippen LogP contribution in [0.25, 0.3) is 0 Å². The summed E-state index contributed by atoms with van der Waals surface area (Å²) in [5, 5.41) is 2.28. The van der Waals surface area contributed by atoms with Crippen LogP contribution in [0.3, 0.4) is 0 Å². The van der Waals surface area contributed by atoms with Crippen molar-refractivity contribution in [3.63, 3.8) is 0 Å². The highest BCUT2D eigenvalue weighted by Gasteiger charge is 2.52. The first-order valence-electron chi connectivity index (χ1n) is 9.00. The third-order valence-electron chi connectivity index (χ3n) is 3.63. The lowest BCUT2D eigenvalue weighted by atomic mass is 9.96. The van der Waals surface area contributed by atoms with E-state index in [1.54, 1.807) is 0 Å². The summed E-state index contributed by atoms with van der Waals surface area (Å²) in [6.07, 6.45) is -6.77. The first kappa shape index (κ1) is 28.0. The molecular weight excluding hydrogens is 501 g/mol. The number of amides is 1. The highest BCUT2D eigenvalue weighted by Crippen LogP contribution is 2.29. The molecule has 5 atom stereocenters. The summed E-state index contributed by atoms with van der Waals surface area (Å²) in [6.45, 7) is 3.22. The zero-order valence-electron chi connectivity index (χ0n) is 17.4. The molecule has 1 fully saturated rings. The number of alkyl carbamates (subject to hydrolysis) is 1. The van der Waals surface area contributed by atoms with Crippen LogP contribution in [0.4, 0.5) is 4.79 Å². The van der Waals surface area contributed by atoms with Crippen molar-refractivity contribution in [2.75, 3.05) is 13.2 Å². The second-order valence-electron chi connectivity index (χ2n) is 6.46. The van der Waals surface area contributed by atoms with Gasteiger partial charge in [0.2, 0.25) is 10.1 Å². The predicted molar refractivity (Wildman–Crippen MR) is 107 cm³/mol. The van der Waals surface area contributed by atoms with E-state index >= 15 is 0 Å². The maximum Gasteiger partial charge on any atom is 0.407 e. The standard InChI is InChI=1S/C17H22Cl3NO11/c1-7(22)27-5-11-13(29-8(2)23)14(30-9(3)24)12(15(32-11)31-10(4)25)21-16(26)28-6-17(18,19)20/h11-15H,5-6H2,1-4H3,(H,21,26)/t11?,12?,13-,14?,15?/m0/s1. The Morgan fingerprint density at radius 2 is 1.34 bits per heavy atom. The molecule has 1 amide bonds. The van der Waals surface area contributed by atoms with Gasteiger partial charge in [0.15, 0.2) is 12.2 Å². The molecule has 1 rings (SSSR count). The number of carbonyl (C=O) groups excluding carboxylic acids is 5. The zero-order valence-corrected chi connectivity index (χ0v) is 19.7. The molecule has 0 bridgehead atoms. The summed E-state index contributed by atoms with van der Waals surface area (Å²) in [7, 11) is 0. The number of hydrogen-bond donors (Lipinski definition) is 1. The van der Waals surface area contributed by atoms with Gasteiger partial charge in [0, 0.05) is 27.7 Å². The molecule has 4 unspecified atom stereocenters. The number of carbonyl (C=O) groups is 5. The smallest absolute Gasteiger partial charge is 0.407 e. The highest BCUT2D eigenvalue weighted by atomic mass is 35.6. The largest absolute Gasteiger partial charge is 0.463 e. The number of hydrogen-bond acceptors (Lipinski definition) is 11. The molecule has 0 aromatic rings.